The Bertz CT molecular complexity index is 3640. The summed E-state index contributed by atoms with van der Waals surface area (Å²) < 4.78 is 2.39. The van der Waals surface area contributed by atoms with Crippen molar-refractivity contribution in [2.24, 2.45) is 0 Å². The molecule has 0 saturated heterocycles. The maximum atomic E-state index is 2.41. The fraction of sp³-hybridized carbons (Fsp3) is 0. The summed E-state index contributed by atoms with van der Waals surface area (Å²) in [6.45, 7) is 0. The van der Waals surface area contributed by atoms with Crippen LogP contribution in [-0.4, -0.2) is 4.57 Å². The molecule has 0 saturated carbocycles. The van der Waals surface area contributed by atoms with E-state index in [0.717, 1.165) is 33.9 Å². The molecule has 0 bridgehead atoms. The first-order chi connectivity index (χ1) is 32.7. The summed E-state index contributed by atoms with van der Waals surface area (Å²) >= 11 is 0. The lowest BCUT2D eigenvalue weighted by Crippen LogP contribution is -2.11. The average Bonchev–Trinajstić information content (AvgIpc) is 3.74. The minimum absolute atomic E-state index is 1.07. The minimum atomic E-state index is 1.07. The van der Waals surface area contributed by atoms with Gasteiger partial charge < -0.3 is 9.47 Å². The van der Waals surface area contributed by atoms with Gasteiger partial charge in [0.1, 0.15) is 0 Å². The molecular formula is C64H44N2. The van der Waals surface area contributed by atoms with Crippen molar-refractivity contribution in [3.8, 4) is 61.3 Å². The molecule has 0 unspecified atom stereocenters. The van der Waals surface area contributed by atoms with Crippen LogP contribution < -0.4 is 4.90 Å². The summed E-state index contributed by atoms with van der Waals surface area (Å²) in [6, 6.07) is 96.9. The number of rotatable bonds is 9. The number of para-hydroxylation sites is 3. The molecule has 310 valence electrons. The van der Waals surface area contributed by atoms with E-state index < -0.39 is 0 Å². The third-order valence-corrected chi connectivity index (χ3v) is 13.0. The monoisotopic (exact) mass is 840 g/mol. The number of hydrogen-bond donors (Lipinski definition) is 0. The minimum Gasteiger partial charge on any atom is -0.310 e. The number of anilines is 3. The number of benzene rings is 11. The zero-order valence-corrected chi connectivity index (χ0v) is 36.3. The largest absolute Gasteiger partial charge is 0.310 e. The van der Waals surface area contributed by atoms with Gasteiger partial charge in [0, 0.05) is 33.4 Å². The van der Waals surface area contributed by atoms with Crippen LogP contribution in [0.5, 0.6) is 0 Å². The van der Waals surface area contributed by atoms with E-state index in [4.69, 9.17) is 0 Å². The number of fused-ring (bicyclic) bond motifs is 4. The van der Waals surface area contributed by atoms with E-state index in [2.05, 4.69) is 276 Å². The molecule has 0 aliphatic heterocycles. The lowest BCUT2D eigenvalue weighted by Gasteiger charge is -2.29. The molecule has 1 aromatic heterocycles. The second kappa shape index (κ2) is 16.8. The lowest BCUT2D eigenvalue weighted by atomic mass is 9.88. The molecule has 12 rings (SSSR count). The van der Waals surface area contributed by atoms with Crippen LogP contribution in [0.2, 0.25) is 0 Å². The van der Waals surface area contributed by atoms with Gasteiger partial charge in [-0.1, -0.05) is 206 Å². The van der Waals surface area contributed by atoms with Gasteiger partial charge in [-0.15, -0.1) is 0 Å². The van der Waals surface area contributed by atoms with Crippen molar-refractivity contribution in [1.82, 2.24) is 4.57 Å². The second-order valence-electron chi connectivity index (χ2n) is 16.9. The molecule has 66 heavy (non-hydrogen) atoms. The summed E-state index contributed by atoms with van der Waals surface area (Å²) in [6.07, 6.45) is 0. The number of nitrogens with zero attached hydrogens (tertiary/aromatic N) is 2. The summed E-state index contributed by atoms with van der Waals surface area (Å²) in [7, 11) is 0. The van der Waals surface area contributed by atoms with Crippen molar-refractivity contribution in [1.29, 1.82) is 0 Å². The fourth-order valence-corrected chi connectivity index (χ4v) is 9.86. The zero-order chi connectivity index (χ0) is 43.8. The smallest absolute Gasteiger partial charge is 0.0541 e. The first kappa shape index (κ1) is 38.9. The standard InChI is InChI=1S/C64H44N2/c1-2-18-48(19-3-1)55-23-6-7-24-56(55)57-25-8-9-26-58(57)59-27-10-13-30-62(59)65(53-41-37-47(38-42-53)51-34-33-45-17-4-5-20-49(45)43-51)52-39-35-46(36-40-52)50-21-16-22-54(44-50)66-63-31-14-11-28-60(63)61-29-12-15-32-64(61)66/h1-44H. The summed E-state index contributed by atoms with van der Waals surface area (Å²) in [4.78, 5) is 2.41. The molecule has 0 aliphatic rings. The highest BCUT2D eigenvalue weighted by Crippen LogP contribution is 2.46. The molecule has 0 spiro atoms. The quantitative estimate of drug-likeness (QED) is 0.141. The Morgan fingerprint density at radius 2 is 0.712 bits per heavy atom. The van der Waals surface area contributed by atoms with Gasteiger partial charge in [-0.05, 0) is 122 Å². The first-order valence-electron chi connectivity index (χ1n) is 22.7. The zero-order valence-electron chi connectivity index (χ0n) is 36.3. The Hall–Kier alpha value is -8.72. The van der Waals surface area contributed by atoms with E-state index in [-0.39, 0.29) is 0 Å². The van der Waals surface area contributed by atoms with E-state index in [1.165, 1.54) is 77.1 Å². The highest BCUT2D eigenvalue weighted by atomic mass is 15.1. The van der Waals surface area contributed by atoms with Crippen molar-refractivity contribution in [2.45, 2.75) is 0 Å². The topological polar surface area (TPSA) is 8.17 Å². The molecule has 1 heterocycles. The molecule has 0 amide bonds. The Balaban J connectivity index is 0.979. The van der Waals surface area contributed by atoms with Gasteiger partial charge in [0.2, 0.25) is 0 Å². The SMILES string of the molecule is c1ccc(-c2ccccc2-c2ccccc2-c2ccccc2N(c2ccc(-c3cccc(-n4c5ccccc5c5ccccc54)c3)cc2)c2ccc(-c3ccc4ccccc4c3)cc2)cc1. The Morgan fingerprint density at radius 1 is 0.258 bits per heavy atom. The lowest BCUT2D eigenvalue weighted by molar-refractivity contribution is 1.18. The second-order valence-corrected chi connectivity index (χ2v) is 16.9. The molecule has 0 radical (unpaired) electrons. The van der Waals surface area contributed by atoms with Gasteiger partial charge in [0.25, 0.3) is 0 Å². The van der Waals surface area contributed by atoms with E-state index in [1.807, 2.05) is 0 Å². The van der Waals surface area contributed by atoms with E-state index in [0.29, 0.717) is 0 Å². The Labute approximate surface area is 385 Å². The predicted molar refractivity (Wildman–Crippen MR) is 280 cm³/mol. The maximum Gasteiger partial charge on any atom is 0.0541 e. The van der Waals surface area contributed by atoms with Crippen LogP contribution in [-0.2, 0) is 0 Å². The van der Waals surface area contributed by atoms with E-state index in [9.17, 15) is 0 Å². The van der Waals surface area contributed by atoms with Crippen molar-refractivity contribution in [2.75, 3.05) is 4.90 Å². The molecule has 2 heteroatoms. The van der Waals surface area contributed by atoms with Crippen LogP contribution in [0.25, 0.3) is 93.9 Å². The molecule has 11 aromatic carbocycles. The van der Waals surface area contributed by atoms with Crippen molar-refractivity contribution >= 4 is 49.6 Å². The van der Waals surface area contributed by atoms with Crippen LogP contribution in [0.15, 0.2) is 267 Å². The first-order valence-corrected chi connectivity index (χ1v) is 22.7. The molecule has 0 N–H and O–H groups in total. The van der Waals surface area contributed by atoms with Gasteiger partial charge in [-0.2, -0.15) is 0 Å². The van der Waals surface area contributed by atoms with Crippen LogP contribution in [0.4, 0.5) is 17.1 Å². The van der Waals surface area contributed by atoms with Gasteiger partial charge in [0.15, 0.2) is 0 Å². The third kappa shape index (κ3) is 7.02. The van der Waals surface area contributed by atoms with Crippen LogP contribution in [0.1, 0.15) is 0 Å². The molecular weight excluding hydrogens is 797 g/mol. The molecule has 0 aliphatic carbocycles. The fourth-order valence-electron chi connectivity index (χ4n) is 9.86. The van der Waals surface area contributed by atoms with Crippen molar-refractivity contribution < 1.29 is 0 Å². The van der Waals surface area contributed by atoms with Gasteiger partial charge in [-0.3, -0.25) is 0 Å². The van der Waals surface area contributed by atoms with Crippen LogP contribution in [0, 0.1) is 0 Å². The molecule has 2 nitrogen and oxygen atoms in total. The van der Waals surface area contributed by atoms with Crippen molar-refractivity contribution in [3.05, 3.63) is 267 Å². The summed E-state index contributed by atoms with van der Waals surface area (Å²) in [5.74, 6) is 0. The normalized spacial score (nSPS) is 11.3. The molecule has 0 atom stereocenters. The predicted octanol–water partition coefficient (Wildman–Crippen LogP) is 17.7. The van der Waals surface area contributed by atoms with Gasteiger partial charge in [0.05, 0.1) is 16.7 Å². The van der Waals surface area contributed by atoms with E-state index in [1.54, 1.807) is 0 Å². The summed E-state index contributed by atoms with van der Waals surface area (Å²) in [5, 5.41) is 5.00. The molecule has 12 aromatic rings. The Kier molecular flexibility index (Phi) is 9.89. The highest BCUT2D eigenvalue weighted by molar-refractivity contribution is 6.09. The average molecular weight is 841 g/mol. The number of hydrogen-bond acceptors (Lipinski definition) is 1. The van der Waals surface area contributed by atoms with Gasteiger partial charge in [-0.25, -0.2) is 0 Å². The van der Waals surface area contributed by atoms with Crippen LogP contribution in [0.3, 0.4) is 0 Å². The van der Waals surface area contributed by atoms with Gasteiger partial charge >= 0.3 is 0 Å². The maximum absolute atomic E-state index is 2.41. The van der Waals surface area contributed by atoms with Crippen molar-refractivity contribution in [3.63, 3.8) is 0 Å². The number of aromatic nitrogens is 1. The summed E-state index contributed by atoms with van der Waals surface area (Å²) in [5.41, 5.74) is 18.6. The third-order valence-electron chi connectivity index (χ3n) is 13.0. The van der Waals surface area contributed by atoms with Crippen LogP contribution >= 0.6 is 0 Å². The Morgan fingerprint density at radius 3 is 1.36 bits per heavy atom. The molecule has 0 fully saturated rings. The van der Waals surface area contributed by atoms with E-state index >= 15 is 0 Å². The highest BCUT2D eigenvalue weighted by Gasteiger charge is 2.21.